The van der Waals surface area contributed by atoms with Gasteiger partial charge < -0.3 is 19.8 Å². The van der Waals surface area contributed by atoms with Gasteiger partial charge in [-0.2, -0.15) is 14.4 Å². The number of primary sulfonamides is 1. The largest absolute Gasteiger partial charge is 0.486 e. The Morgan fingerprint density at radius 1 is 1.09 bits per heavy atom. The SMILES string of the molecule is Nc1nc(F)nc2c1nc(Cc1cc3c(cc1I)OCCO3)n2CCCCCS(N)(=O)=O. The molecule has 13 heteroatoms. The van der Waals surface area contributed by atoms with Crippen molar-refractivity contribution in [1.29, 1.82) is 0 Å². The van der Waals surface area contributed by atoms with Crippen molar-refractivity contribution < 1.29 is 22.3 Å². The molecule has 0 aliphatic carbocycles. The first-order valence-corrected chi connectivity index (χ1v) is 12.8. The third-order valence-electron chi connectivity index (χ3n) is 5.04. The van der Waals surface area contributed by atoms with Crippen LogP contribution in [0.3, 0.4) is 0 Å². The van der Waals surface area contributed by atoms with Crippen molar-refractivity contribution >= 4 is 49.6 Å². The van der Waals surface area contributed by atoms with Gasteiger partial charge in [0.25, 0.3) is 0 Å². The molecule has 0 unspecified atom stereocenters. The maximum atomic E-state index is 13.9. The third-order valence-corrected chi connectivity index (χ3v) is 6.91. The molecule has 0 saturated carbocycles. The Balaban J connectivity index is 1.63. The lowest BCUT2D eigenvalue weighted by molar-refractivity contribution is 0.171. The topological polar surface area (TPSA) is 148 Å². The molecule has 172 valence electrons. The molecule has 0 fully saturated rings. The van der Waals surface area contributed by atoms with Gasteiger partial charge in [0.05, 0.1) is 5.75 Å². The minimum atomic E-state index is -3.49. The van der Waals surface area contributed by atoms with Crippen LogP contribution in [-0.4, -0.2) is 46.9 Å². The molecule has 0 radical (unpaired) electrons. The van der Waals surface area contributed by atoms with Gasteiger partial charge in [-0.15, -0.1) is 0 Å². The molecule has 4 N–H and O–H groups in total. The number of halogens is 2. The van der Waals surface area contributed by atoms with E-state index in [1.54, 1.807) is 4.57 Å². The van der Waals surface area contributed by atoms with E-state index < -0.39 is 16.1 Å². The zero-order valence-corrected chi connectivity index (χ0v) is 20.0. The van der Waals surface area contributed by atoms with Crippen LogP contribution in [-0.2, 0) is 23.0 Å². The Morgan fingerprint density at radius 2 is 1.81 bits per heavy atom. The van der Waals surface area contributed by atoms with Crippen LogP contribution >= 0.6 is 22.6 Å². The number of anilines is 1. The highest BCUT2D eigenvalue weighted by molar-refractivity contribution is 14.1. The predicted molar refractivity (Wildman–Crippen MR) is 124 cm³/mol. The van der Waals surface area contributed by atoms with Crippen molar-refractivity contribution in [2.75, 3.05) is 24.7 Å². The van der Waals surface area contributed by atoms with E-state index in [9.17, 15) is 12.8 Å². The first kappa shape index (κ1) is 22.9. The Bertz CT molecular complexity index is 1270. The number of sulfonamides is 1. The maximum absolute atomic E-state index is 13.9. The Hall–Kier alpha value is -2.26. The van der Waals surface area contributed by atoms with E-state index in [1.807, 2.05) is 12.1 Å². The lowest BCUT2D eigenvalue weighted by atomic mass is 10.1. The Kier molecular flexibility index (Phi) is 6.67. The molecular formula is C19H22FIN6O4S. The molecule has 1 aromatic carbocycles. The average Bonchev–Trinajstić information content (AvgIpc) is 3.05. The zero-order chi connectivity index (χ0) is 22.9. The molecule has 2 aromatic heterocycles. The predicted octanol–water partition coefficient (Wildman–Crippen LogP) is 1.97. The lowest BCUT2D eigenvalue weighted by Crippen LogP contribution is -2.16. The molecule has 0 amide bonds. The van der Waals surface area contributed by atoms with E-state index in [0.29, 0.717) is 73.9 Å². The van der Waals surface area contributed by atoms with Gasteiger partial charge in [-0.3, -0.25) is 0 Å². The summed E-state index contributed by atoms with van der Waals surface area (Å²) in [5, 5.41) is 5.06. The molecule has 0 bridgehead atoms. The number of benzene rings is 1. The van der Waals surface area contributed by atoms with Crippen LogP contribution in [0, 0.1) is 9.65 Å². The fourth-order valence-corrected chi connectivity index (χ4v) is 4.81. The highest BCUT2D eigenvalue weighted by Gasteiger charge is 2.20. The number of fused-ring (bicyclic) bond motifs is 2. The van der Waals surface area contributed by atoms with Crippen LogP contribution in [0.5, 0.6) is 11.5 Å². The summed E-state index contributed by atoms with van der Waals surface area (Å²) in [6, 6.07) is 3.83. The second-order valence-electron chi connectivity index (χ2n) is 7.42. The summed E-state index contributed by atoms with van der Waals surface area (Å²) in [5.41, 5.74) is 7.50. The van der Waals surface area contributed by atoms with Crippen LogP contribution in [0.2, 0.25) is 0 Å². The summed E-state index contributed by atoms with van der Waals surface area (Å²) in [7, 11) is -3.49. The van der Waals surface area contributed by atoms with Gasteiger partial charge in [-0.05, 0) is 53.1 Å². The minimum absolute atomic E-state index is 0.0291. The van der Waals surface area contributed by atoms with Crippen LogP contribution in [0.15, 0.2) is 12.1 Å². The molecule has 0 spiro atoms. The second-order valence-corrected chi connectivity index (χ2v) is 10.3. The Labute approximate surface area is 197 Å². The molecule has 1 aliphatic rings. The highest BCUT2D eigenvalue weighted by Crippen LogP contribution is 2.35. The maximum Gasteiger partial charge on any atom is 0.312 e. The number of unbranched alkanes of at least 4 members (excludes halogenated alkanes) is 2. The Morgan fingerprint density at radius 3 is 2.53 bits per heavy atom. The van der Waals surface area contributed by atoms with Gasteiger partial charge in [0.2, 0.25) is 10.0 Å². The fraction of sp³-hybridized carbons (Fsp3) is 0.421. The van der Waals surface area contributed by atoms with Crippen molar-refractivity contribution in [3.8, 4) is 11.5 Å². The van der Waals surface area contributed by atoms with Crippen molar-refractivity contribution in [2.45, 2.75) is 32.2 Å². The van der Waals surface area contributed by atoms with Gasteiger partial charge in [-0.1, -0.05) is 6.42 Å². The average molecular weight is 576 g/mol. The highest BCUT2D eigenvalue weighted by atomic mass is 127. The van der Waals surface area contributed by atoms with E-state index in [2.05, 4.69) is 37.5 Å². The number of nitrogen functional groups attached to an aromatic ring is 1. The standard InChI is InChI=1S/C19H22FIN6O4S/c20-19-25-17(22)16-18(26-19)27(4-2-1-3-7-32(23,28)29)15(24-16)9-11-8-13-14(10-12(11)21)31-6-5-30-13/h8,10H,1-7,9H2,(H2,22,25,26)(H2,23,28,29). The van der Waals surface area contributed by atoms with Crippen molar-refractivity contribution in [2.24, 2.45) is 5.14 Å². The molecule has 0 atom stereocenters. The normalized spacial score (nSPS) is 13.6. The molecule has 1 aliphatic heterocycles. The number of nitrogens with zero attached hydrogens (tertiary/aromatic N) is 4. The third kappa shape index (κ3) is 5.20. The van der Waals surface area contributed by atoms with E-state index >= 15 is 0 Å². The lowest BCUT2D eigenvalue weighted by Gasteiger charge is -2.20. The van der Waals surface area contributed by atoms with Gasteiger partial charge in [0.1, 0.15) is 19.0 Å². The summed E-state index contributed by atoms with van der Waals surface area (Å²) in [6.07, 6.45) is 1.21. The number of hydrogen-bond donors (Lipinski definition) is 2. The number of ether oxygens (including phenoxy) is 2. The summed E-state index contributed by atoms with van der Waals surface area (Å²) in [6.45, 7) is 1.45. The van der Waals surface area contributed by atoms with Crippen molar-refractivity contribution in [3.63, 3.8) is 0 Å². The van der Waals surface area contributed by atoms with E-state index in [4.69, 9.17) is 20.3 Å². The monoisotopic (exact) mass is 576 g/mol. The van der Waals surface area contributed by atoms with Crippen molar-refractivity contribution in [3.05, 3.63) is 33.2 Å². The summed E-state index contributed by atoms with van der Waals surface area (Å²) in [4.78, 5) is 12.1. The molecule has 10 nitrogen and oxygen atoms in total. The fourth-order valence-electron chi connectivity index (χ4n) is 3.57. The molecule has 4 rings (SSSR count). The molecule has 3 aromatic rings. The zero-order valence-electron chi connectivity index (χ0n) is 17.1. The van der Waals surface area contributed by atoms with E-state index in [0.717, 1.165) is 9.13 Å². The van der Waals surface area contributed by atoms with Crippen LogP contribution in [0.25, 0.3) is 11.2 Å². The van der Waals surface area contributed by atoms with Crippen molar-refractivity contribution in [1.82, 2.24) is 19.5 Å². The smallest absolute Gasteiger partial charge is 0.312 e. The first-order chi connectivity index (χ1) is 15.2. The second kappa shape index (κ2) is 9.31. The van der Waals surface area contributed by atoms with Gasteiger partial charge in [-0.25, -0.2) is 18.5 Å². The number of imidazole rings is 1. The van der Waals surface area contributed by atoms with E-state index in [1.165, 1.54) is 0 Å². The molecular weight excluding hydrogens is 554 g/mol. The number of nitrogens with two attached hydrogens (primary N) is 2. The quantitative estimate of drug-likeness (QED) is 0.235. The summed E-state index contributed by atoms with van der Waals surface area (Å²) in [5.74, 6) is 1.91. The van der Waals surface area contributed by atoms with Gasteiger partial charge >= 0.3 is 6.08 Å². The summed E-state index contributed by atoms with van der Waals surface area (Å²) >= 11 is 2.23. The molecule has 3 heterocycles. The number of aromatic nitrogens is 4. The van der Waals surface area contributed by atoms with Crippen LogP contribution < -0.4 is 20.3 Å². The molecule has 0 saturated heterocycles. The number of rotatable bonds is 8. The van der Waals surface area contributed by atoms with Crippen LogP contribution in [0.1, 0.15) is 30.7 Å². The van der Waals surface area contributed by atoms with Gasteiger partial charge in [0, 0.05) is 16.5 Å². The van der Waals surface area contributed by atoms with E-state index in [-0.39, 0.29) is 11.6 Å². The number of aryl methyl sites for hydroxylation is 1. The molecule has 32 heavy (non-hydrogen) atoms. The summed E-state index contributed by atoms with van der Waals surface area (Å²) < 4.78 is 50.3. The number of hydrogen-bond acceptors (Lipinski definition) is 8. The first-order valence-electron chi connectivity index (χ1n) is 9.98. The minimum Gasteiger partial charge on any atom is -0.486 e. The van der Waals surface area contributed by atoms with Gasteiger partial charge in [0.15, 0.2) is 28.5 Å². The van der Waals surface area contributed by atoms with Crippen LogP contribution in [0.4, 0.5) is 10.2 Å².